The molecule has 0 aliphatic carbocycles. The molecule has 1 rings (SSSR count). The Bertz CT molecular complexity index is 361. The van der Waals surface area contributed by atoms with Crippen molar-refractivity contribution in [3.8, 4) is 5.75 Å². The predicted molar refractivity (Wildman–Crippen MR) is 71.8 cm³/mol. The standard InChI is InChI=1S/C13H21NO.ClH/c1-8-6-12(7-9(2)14)10(3)11(4)13(8)15-5;/h6,9H,7,14H2,1-5H3;1H. The molecular formula is C13H22ClNO. The van der Waals surface area contributed by atoms with Gasteiger partial charge in [0.25, 0.3) is 0 Å². The molecule has 1 unspecified atom stereocenters. The summed E-state index contributed by atoms with van der Waals surface area (Å²) in [6.07, 6.45) is 0.928. The first-order valence-electron chi connectivity index (χ1n) is 5.36. The van der Waals surface area contributed by atoms with Crippen LogP contribution in [0, 0.1) is 20.8 Å². The summed E-state index contributed by atoms with van der Waals surface area (Å²) in [4.78, 5) is 0. The van der Waals surface area contributed by atoms with Crippen LogP contribution < -0.4 is 10.5 Å². The van der Waals surface area contributed by atoms with E-state index in [2.05, 4.69) is 26.8 Å². The fourth-order valence-corrected chi connectivity index (χ4v) is 2.02. The molecule has 0 spiro atoms. The molecule has 0 bridgehead atoms. The highest BCUT2D eigenvalue weighted by atomic mass is 35.5. The highest BCUT2D eigenvalue weighted by Gasteiger charge is 2.11. The van der Waals surface area contributed by atoms with E-state index in [1.165, 1.54) is 22.3 Å². The van der Waals surface area contributed by atoms with Gasteiger partial charge in [-0.2, -0.15) is 0 Å². The first-order chi connectivity index (χ1) is 6.97. The molecular weight excluding hydrogens is 222 g/mol. The molecule has 1 aromatic carbocycles. The Labute approximate surface area is 105 Å². The number of aryl methyl sites for hydroxylation is 1. The molecule has 2 N–H and O–H groups in total. The van der Waals surface area contributed by atoms with Crippen LogP contribution >= 0.6 is 12.4 Å². The third-order valence-corrected chi connectivity index (χ3v) is 2.88. The average Bonchev–Trinajstić information content (AvgIpc) is 2.14. The molecule has 0 aromatic heterocycles. The number of ether oxygens (including phenoxy) is 1. The molecule has 2 nitrogen and oxygen atoms in total. The van der Waals surface area contributed by atoms with Gasteiger partial charge in [-0.15, -0.1) is 12.4 Å². The topological polar surface area (TPSA) is 35.2 Å². The van der Waals surface area contributed by atoms with Crippen molar-refractivity contribution in [2.45, 2.75) is 40.2 Å². The summed E-state index contributed by atoms with van der Waals surface area (Å²) in [6, 6.07) is 2.39. The summed E-state index contributed by atoms with van der Waals surface area (Å²) >= 11 is 0. The second-order valence-electron chi connectivity index (χ2n) is 4.32. The first-order valence-corrected chi connectivity index (χ1v) is 5.36. The molecule has 0 aliphatic rings. The van der Waals surface area contributed by atoms with Gasteiger partial charge in [0.2, 0.25) is 0 Å². The number of nitrogens with two attached hydrogens (primary N) is 1. The lowest BCUT2D eigenvalue weighted by Gasteiger charge is -2.16. The molecule has 1 aromatic rings. The van der Waals surface area contributed by atoms with E-state index in [9.17, 15) is 0 Å². The Balaban J connectivity index is 0.00000225. The molecule has 0 aliphatic heterocycles. The van der Waals surface area contributed by atoms with Crippen LogP contribution in [-0.2, 0) is 6.42 Å². The van der Waals surface area contributed by atoms with Gasteiger partial charge in [0.1, 0.15) is 5.75 Å². The second kappa shape index (κ2) is 6.12. The Morgan fingerprint density at radius 3 is 2.25 bits per heavy atom. The van der Waals surface area contributed by atoms with E-state index in [0.717, 1.165) is 12.2 Å². The van der Waals surface area contributed by atoms with Crippen LogP contribution in [0.3, 0.4) is 0 Å². The van der Waals surface area contributed by atoms with E-state index in [1.54, 1.807) is 7.11 Å². The number of methoxy groups -OCH3 is 1. The third kappa shape index (κ3) is 3.13. The van der Waals surface area contributed by atoms with Crippen molar-refractivity contribution in [3.63, 3.8) is 0 Å². The fraction of sp³-hybridized carbons (Fsp3) is 0.538. The maximum Gasteiger partial charge on any atom is 0.124 e. The normalized spacial score (nSPS) is 11.9. The Hall–Kier alpha value is -0.730. The van der Waals surface area contributed by atoms with E-state index in [1.807, 2.05) is 6.92 Å². The Morgan fingerprint density at radius 2 is 1.81 bits per heavy atom. The summed E-state index contributed by atoms with van der Waals surface area (Å²) < 4.78 is 5.39. The lowest BCUT2D eigenvalue weighted by molar-refractivity contribution is 0.408. The maximum atomic E-state index is 5.83. The van der Waals surface area contributed by atoms with Crippen molar-refractivity contribution in [3.05, 3.63) is 28.3 Å². The minimum atomic E-state index is 0. The highest BCUT2D eigenvalue weighted by Crippen LogP contribution is 2.28. The zero-order chi connectivity index (χ0) is 11.6. The smallest absolute Gasteiger partial charge is 0.124 e. The van der Waals surface area contributed by atoms with E-state index >= 15 is 0 Å². The van der Waals surface area contributed by atoms with Crippen molar-refractivity contribution in [2.24, 2.45) is 5.73 Å². The number of hydrogen-bond acceptors (Lipinski definition) is 2. The number of hydrogen-bond donors (Lipinski definition) is 1. The molecule has 1 atom stereocenters. The number of benzene rings is 1. The van der Waals surface area contributed by atoms with Crippen molar-refractivity contribution < 1.29 is 4.74 Å². The predicted octanol–water partition coefficient (Wildman–Crippen LogP) is 2.93. The summed E-state index contributed by atoms with van der Waals surface area (Å²) in [5.74, 6) is 1.00. The molecule has 0 heterocycles. The monoisotopic (exact) mass is 243 g/mol. The van der Waals surface area contributed by atoms with Crippen molar-refractivity contribution in [2.75, 3.05) is 7.11 Å². The van der Waals surface area contributed by atoms with Crippen LogP contribution in [0.25, 0.3) is 0 Å². The maximum absolute atomic E-state index is 5.83. The van der Waals surface area contributed by atoms with Crippen LogP contribution in [0.2, 0.25) is 0 Å². The van der Waals surface area contributed by atoms with Gasteiger partial charge in [0, 0.05) is 6.04 Å². The van der Waals surface area contributed by atoms with Gasteiger partial charge >= 0.3 is 0 Å². The van der Waals surface area contributed by atoms with Crippen molar-refractivity contribution >= 4 is 12.4 Å². The number of halogens is 1. The van der Waals surface area contributed by atoms with Crippen LogP contribution in [0.4, 0.5) is 0 Å². The lowest BCUT2D eigenvalue weighted by atomic mass is 9.95. The van der Waals surface area contributed by atoms with Gasteiger partial charge in [-0.3, -0.25) is 0 Å². The van der Waals surface area contributed by atoms with Gasteiger partial charge in [0.05, 0.1) is 7.11 Å². The molecule has 16 heavy (non-hydrogen) atoms. The van der Waals surface area contributed by atoms with Crippen molar-refractivity contribution in [1.82, 2.24) is 0 Å². The Kier molecular flexibility index (Phi) is 5.84. The minimum Gasteiger partial charge on any atom is -0.496 e. The largest absolute Gasteiger partial charge is 0.496 e. The summed E-state index contributed by atoms with van der Waals surface area (Å²) in [7, 11) is 1.72. The van der Waals surface area contributed by atoms with Crippen LogP contribution in [0.15, 0.2) is 6.07 Å². The molecule has 0 amide bonds. The summed E-state index contributed by atoms with van der Waals surface area (Å²) in [5.41, 5.74) is 10.9. The number of rotatable bonds is 3. The summed E-state index contributed by atoms with van der Waals surface area (Å²) in [6.45, 7) is 8.35. The van der Waals surface area contributed by atoms with Gasteiger partial charge in [0.15, 0.2) is 0 Å². The van der Waals surface area contributed by atoms with E-state index in [4.69, 9.17) is 10.5 Å². The van der Waals surface area contributed by atoms with E-state index in [0.29, 0.717) is 0 Å². The molecule has 0 saturated carbocycles. The van der Waals surface area contributed by atoms with Gasteiger partial charge < -0.3 is 10.5 Å². The molecule has 92 valence electrons. The zero-order valence-corrected chi connectivity index (χ0v) is 11.6. The second-order valence-corrected chi connectivity index (χ2v) is 4.32. The first kappa shape index (κ1) is 15.3. The quantitative estimate of drug-likeness (QED) is 0.886. The van der Waals surface area contributed by atoms with Gasteiger partial charge in [-0.1, -0.05) is 6.07 Å². The van der Waals surface area contributed by atoms with Crippen LogP contribution in [0.1, 0.15) is 29.2 Å². The van der Waals surface area contributed by atoms with Crippen molar-refractivity contribution in [1.29, 1.82) is 0 Å². The fourth-order valence-electron chi connectivity index (χ4n) is 2.02. The summed E-state index contributed by atoms with van der Waals surface area (Å²) in [5, 5.41) is 0. The van der Waals surface area contributed by atoms with Crippen LogP contribution in [-0.4, -0.2) is 13.2 Å². The SMILES string of the molecule is COc1c(C)cc(CC(C)N)c(C)c1C.Cl. The zero-order valence-electron chi connectivity index (χ0n) is 10.8. The average molecular weight is 244 g/mol. The minimum absolute atomic E-state index is 0. The van der Waals surface area contributed by atoms with E-state index in [-0.39, 0.29) is 18.4 Å². The lowest BCUT2D eigenvalue weighted by Crippen LogP contribution is -2.18. The van der Waals surface area contributed by atoms with E-state index < -0.39 is 0 Å². The third-order valence-electron chi connectivity index (χ3n) is 2.88. The van der Waals surface area contributed by atoms with Gasteiger partial charge in [-0.25, -0.2) is 0 Å². The molecule has 0 fully saturated rings. The highest BCUT2D eigenvalue weighted by molar-refractivity contribution is 5.85. The van der Waals surface area contributed by atoms with Crippen LogP contribution in [0.5, 0.6) is 5.75 Å². The molecule has 3 heteroatoms. The van der Waals surface area contributed by atoms with Gasteiger partial charge in [-0.05, 0) is 56.4 Å². The Morgan fingerprint density at radius 1 is 1.25 bits per heavy atom. The molecule has 0 radical (unpaired) electrons. The molecule has 0 saturated heterocycles.